The molecule has 0 unspecified atom stereocenters. The van der Waals surface area contributed by atoms with E-state index in [4.69, 9.17) is 15.7 Å². The molecule has 0 saturated heterocycles. The van der Waals surface area contributed by atoms with Gasteiger partial charge in [-0.3, -0.25) is 14.8 Å². The molecule has 0 aromatic heterocycles. The summed E-state index contributed by atoms with van der Waals surface area (Å²) in [6.45, 7) is 9.61. The highest BCUT2D eigenvalue weighted by atomic mass is 16.5. The van der Waals surface area contributed by atoms with Crippen molar-refractivity contribution in [3.8, 4) is 17.6 Å². The van der Waals surface area contributed by atoms with E-state index >= 15 is 0 Å². The molecule has 2 amide bonds. The number of carbonyl (C=O) groups is 2. The molecule has 7 heteroatoms. The van der Waals surface area contributed by atoms with Crippen LogP contribution in [0.2, 0.25) is 0 Å². The Hall–Kier alpha value is -2.82. The van der Waals surface area contributed by atoms with Crippen molar-refractivity contribution in [2.75, 3.05) is 6.61 Å². The van der Waals surface area contributed by atoms with Gasteiger partial charge < -0.3 is 15.8 Å². The van der Waals surface area contributed by atoms with Gasteiger partial charge in [0.15, 0.2) is 0 Å². The van der Waals surface area contributed by atoms with E-state index in [1.807, 2.05) is 20.8 Å². The maximum atomic E-state index is 12.4. The monoisotopic (exact) mass is 387 g/mol. The second-order valence-electron chi connectivity index (χ2n) is 7.96. The smallest absolute Gasteiger partial charge is 0.267 e. The summed E-state index contributed by atoms with van der Waals surface area (Å²) in [5.74, 6) is 5.36. The molecule has 28 heavy (non-hydrogen) atoms. The Morgan fingerprint density at radius 2 is 1.82 bits per heavy atom. The van der Waals surface area contributed by atoms with Crippen LogP contribution >= 0.6 is 0 Å². The minimum atomic E-state index is -1.10. The standard InChI is InChI=1S/C21H29N3O4/c1-20(2,3)13-7-6-8-14-28-16-11-9-15(10-12-16)18(25)23-17(19(26)24-27)21(4,5)22/h6,8-12,17,27H,14,22H2,1-5H3,(H,23,25)(H,24,26)/t17-/m1/s1. The molecule has 0 aliphatic carbocycles. The van der Waals surface area contributed by atoms with Crippen molar-refractivity contribution >= 4 is 11.8 Å². The summed E-state index contributed by atoms with van der Waals surface area (Å²) in [5.41, 5.74) is 6.64. The molecule has 0 heterocycles. The third-order valence-corrected chi connectivity index (χ3v) is 3.50. The van der Waals surface area contributed by atoms with Crippen LogP contribution < -0.4 is 21.3 Å². The van der Waals surface area contributed by atoms with Gasteiger partial charge in [0.2, 0.25) is 0 Å². The van der Waals surface area contributed by atoms with Gasteiger partial charge in [0.1, 0.15) is 18.4 Å². The van der Waals surface area contributed by atoms with E-state index in [0.717, 1.165) is 0 Å². The van der Waals surface area contributed by atoms with Crippen LogP contribution in [0.4, 0.5) is 0 Å². The second-order valence-corrected chi connectivity index (χ2v) is 7.96. The van der Waals surface area contributed by atoms with Crippen molar-refractivity contribution in [3.63, 3.8) is 0 Å². The molecule has 0 bridgehead atoms. The molecule has 0 aliphatic rings. The summed E-state index contributed by atoms with van der Waals surface area (Å²) in [6.07, 6.45) is 3.55. The number of nitrogens with one attached hydrogen (secondary N) is 2. The summed E-state index contributed by atoms with van der Waals surface area (Å²) in [6, 6.07) is 5.35. The lowest BCUT2D eigenvalue weighted by Gasteiger charge is -2.29. The van der Waals surface area contributed by atoms with Crippen LogP contribution in [0.25, 0.3) is 0 Å². The summed E-state index contributed by atoms with van der Waals surface area (Å²) in [4.78, 5) is 24.1. The summed E-state index contributed by atoms with van der Waals surface area (Å²) in [7, 11) is 0. The quantitative estimate of drug-likeness (QED) is 0.325. The molecule has 0 radical (unpaired) electrons. The first-order valence-electron chi connectivity index (χ1n) is 8.88. The predicted molar refractivity (Wildman–Crippen MR) is 108 cm³/mol. The van der Waals surface area contributed by atoms with Gasteiger partial charge in [0, 0.05) is 16.5 Å². The van der Waals surface area contributed by atoms with Gasteiger partial charge in [-0.05, 0) is 71.0 Å². The SMILES string of the molecule is CC(C)(C)C#CC=CCOc1ccc(C(=O)N[C@H](C(=O)NO)C(C)(C)N)cc1. The molecule has 7 nitrogen and oxygen atoms in total. The fraction of sp³-hybridized carbons (Fsp3) is 0.429. The maximum Gasteiger partial charge on any atom is 0.267 e. The number of benzene rings is 1. The van der Waals surface area contributed by atoms with Crippen molar-refractivity contribution in [1.29, 1.82) is 0 Å². The van der Waals surface area contributed by atoms with Crippen LogP contribution in [0, 0.1) is 17.3 Å². The third kappa shape index (κ3) is 8.25. The Kier molecular flexibility index (Phi) is 8.23. The van der Waals surface area contributed by atoms with Crippen molar-refractivity contribution in [1.82, 2.24) is 10.8 Å². The maximum absolute atomic E-state index is 12.4. The van der Waals surface area contributed by atoms with Gasteiger partial charge in [-0.1, -0.05) is 11.8 Å². The topological polar surface area (TPSA) is 114 Å². The molecule has 0 saturated carbocycles. The Bertz CT molecular complexity index is 760. The Balaban J connectivity index is 2.66. The molecule has 0 spiro atoms. The number of hydrogen-bond acceptors (Lipinski definition) is 5. The Morgan fingerprint density at radius 1 is 1.21 bits per heavy atom. The minimum absolute atomic E-state index is 0.0441. The highest BCUT2D eigenvalue weighted by Gasteiger charge is 2.33. The van der Waals surface area contributed by atoms with Crippen LogP contribution in [-0.4, -0.2) is 35.2 Å². The highest BCUT2D eigenvalue weighted by Crippen LogP contribution is 2.14. The first-order valence-corrected chi connectivity index (χ1v) is 8.88. The van der Waals surface area contributed by atoms with E-state index < -0.39 is 23.4 Å². The van der Waals surface area contributed by atoms with Crippen molar-refractivity contribution < 1.29 is 19.5 Å². The van der Waals surface area contributed by atoms with E-state index in [-0.39, 0.29) is 5.41 Å². The van der Waals surface area contributed by atoms with Crippen LogP contribution in [0.15, 0.2) is 36.4 Å². The first kappa shape index (κ1) is 23.2. The number of hydrogen-bond donors (Lipinski definition) is 4. The number of rotatable bonds is 7. The number of ether oxygens (including phenoxy) is 1. The molecule has 1 rings (SSSR count). The number of nitrogens with two attached hydrogens (primary N) is 1. The molecule has 1 aromatic rings. The van der Waals surface area contributed by atoms with Crippen LogP contribution in [0.3, 0.4) is 0 Å². The molecule has 5 N–H and O–H groups in total. The van der Waals surface area contributed by atoms with Gasteiger partial charge in [0.05, 0.1) is 0 Å². The van der Waals surface area contributed by atoms with Crippen molar-refractivity contribution in [3.05, 3.63) is 42.0 Å². The Morgan fingerprint density at radius 3 is 2.32 bits per heavy atom. The first-order chi connectivity index (χ1) is 12.9. The molecule has 152 valence electrons. The lowest BCUT2D eigenvalue weighted by atomic mass is 9.95. The second kappa shape index (κ2) is 9.93. The molecular weight excluding hydrogens is 358 g/mol. The van der Waals surface area contributed by atoms with Crippen LogP contribution in [0.1, 0.15) is 45.0 Å². The van der Waals surface area contributed by atoms with E-state index in [2.05, 4.69) is 17.2 Å². The fourth-order valence-corrected chi connectivity index (χ4v) is 2.08. The summed E-state index contributed by atoms with van der Waals surface area (Å²) < 4.78 is 5.56. The van der Waals surface area contributed by atoms with Gasteiger partial charge in [-0.2, -0.15) is 0 Å². The van der Waals surface area contributed by atoms with Gasteiger partial charge in [0.25, 0.3) is 11.8 Å². The highest BCUT2D eigenvalue weighted by molar-refractivity contribution is 5.97. The largest absolute Gasteiger partial charge is 0.490 e. The minimum Gasteiger partial charge on any atom is -0.490 e. The molecule has 0 aliphatic heterocycles. The number of allylic oxidation sites excluding steroid dienone is 1. The lowest BCUT2D eigenvalue weighted by molar-refractivity contribution is -0.132. The molecule has 1 atom stereocenters. The zero-order chi connectivity index (χ0) is 21.4. The fourth-order valence-electron chi connectivity index (χ4n) is 2.08. The number of hydroxylamine groups is 1. The van der Waals surface area contributed by atoms with Crippen molar-refractivity contribution in [2.24, 2.45) is 11.1 Å². The number of amides is 2. The molecular formula is C21H29N3O4. The zero-order valence-electron chi connectivity index (χ0n) is 17.0. The zero-order valence-corrected chi connectivity index (χ0v) is 17.0. The summed E-state index contributed by atoms with van der Waals surface area (Å²) >= 11 is 0. The van der Waals surface area contributed by atoms with Gasteiger partial charge in [-0.15, -0.1) is 0 Å². The van der Waals surface area contributed by atoms with Crippen LogP contribution in [-0.2, 0) is 4.79 Å². The molecule has 0 fully saturated rings. The third-order valence-electron chi connectivity index (χ3n) is 3.50. The average Bonchev–Trinajstić information content (AvgIpc) is 2.60. The van der Waals surface area contributed by atoms with E-state index in [1.54, 1.807) is 50.3 Å². The molecule has 1 aromatic carbocycles. The van der Waals surface area contributed by atoms with Crippen LogP contribution in [0.5, 0.6) is 5.75 Å². The van der Waals surface area contributed by atoms with Crippen molar-refractivity contribution in [2.45, 2.75) is 46.2 Å². The van der Waals surface area contributed by atoms with E-state index in [1.165, 1.54) is 5.48 Å². The number of carbonyl (C=O) groups excluding carboxylic acids is 2. The predicted octanol–water partition coefficient (Wildman–Crippen LogP) is 2.01. The average molecular weight is 387 g/mol. The Labute approximate surface area is 166 Å². The van der Waals surface area contributed by atoms with Gasteiger partial charge in [-0.25, -0.2) is 5.48 Å². The van der Waals surface area contributed by atoms with E-state index in [9.17, 15) is 9.59 Å². The normalized spacial score (nSPS) is 12.7. The van der Waals surface area contributed by atoms with E-state index in [0.29, 0.717) is 17.9 Å². The summed E-state index contributed by atoms with van der Waals surface area (Å²) in [5, 5.41) is 11.3. The lowest BCUT2D eigenvalue weighted by Crippen LogP contribution is -2.61. The van der Waals surface area contributed by atoms with Gasteiger partial charge >= 0.3 is 0 Å².